The van der Waals surface area contributed by atoms with E-state index in [2.05, 4.69) is 37.9 Å². The standard InChI is InChI=1S/C23H29ClN2O3S/c1-14-8-9-26(13-17(14)25-20(28)12-23(2,3)4)22-15(6-5-7-16(22)24)10-19-18(27)11-21(29)30-19/h5-7,10,14,17H,8-9,11-13H2,1-4H3,(H,25,28)/b19-10-. The van der Waals surface area contributed by atoms with E-state index in [4.69, 9.17) is 11.6 Å². The fraction of sp³-hybridized carbons (Fsp3) is 0.522. The van der Waals surface area contributed by atoms with E-state index in [1.807, 2.05) is 18.2 Å². The number of rotatable bonds is 4. The van der Waals surface area contributed by atoms with Crippen molar-refractivity contribution in [2.45, 2.75) is 53.0 Å². The van der Waals surface area contributed by atoms with Crippen LogP contribution in [0.15, 0.2) is 23.1 Å². The Morgan fingerprint density at radius 2 is 2.07 bits per heavy atom. The molecule has 5 nitrogen and oxygen atoms in total. The number of nitrogens with one attached hydrogen (secondary N) is 1. The fourth-order valence-electron chi connectivity index (χ4n) is 3.87. The molecule has 1 N–H and O–H groups in total. The van der Waals surface area contributed by atoms with Crippen LogP contribution in [0.2, 0.25) is 5.02 Å². The Bertz CT molecular complexity index is 891. The van der Waals surface area contributed by atoms with E-state index >= 15 is 0 Å². The highest BCUT2D eigenvalue weighted by molar-refractivity contribution is 8.18. The van der Waals surface area contributed by atoms with Crippen LogP contribution in [0.5, 0.6) is 0 Å². The van der Waals surface area contributed by atoms with Gasteiger partial charge in [-0.05, 0) is 41.7 Å². The van der Waals surface area contributed by atoms with Crippen LogP contribution in [0.1, 0.15) is 52.5 Å². The molecule has 2 aliphatic rings. The predicted octanol–water partition coefficient (Wildman–Crippen LogP) is 4.68. The van der Waals surface area contributed by atoms with Gasteiger partial charge in [0.1, 0.15) is 0 Å². The molecule has 0 aliphatic carbocycles. The van der Waals surface area contributed by atoms with Gasteiger partial charge in [0.15, 0.2) is 5.78 Å². The van der Waals surface area contributed by atoms with Gasteiger partial charge in [0.05, 0.1) is 22.0 Å². The number of amides is 1. The first kappa shape index (κ1) is 22.9. The molecule has 2 unspecified atom stereocenters. The number of ketones is 1. The highest BCUT2D eigenvalue weighted by Gasteiger charge is 2.31. The summed E-state index contributed by atoms with van der Waals surface area (Å²) in [5.41, 5.74) is 1.61. The van der Waals surface area contributed by atoms with E-state index < -0.39 is 0 Å². The number of hydrogen-bond acceptors (Lipinski definition) is 5. The van der Waals surface area contributed by atoms with Gasteiger partial charge in [-0.2, -0.15) is 0 Å². The maximum Gasteiger partial charge on any atom is 0.220 e. The van der Waals surface area contributed by atoms with Crippen LogP contribution >= 0.6 is 23.4 Å². The van der Waals surface area contributed by atoms with E-state index in [0.717, 1.165) is 36.0 Å². The second kappa shape index (κ2) is 9.15. The number of benzene rings is 1. The molecule has 0 radical (unpaired) electrons. The monoisotopic (exact) mass is 448 g/mol. The smallest absolute Gasteiger partial charge is 0.220 e. The van der Waals surface area contributed by atoms with Gasteiger partial charge in [0.25, 0.3) is 0 Å². The van der Waals surface area contributed by atoms with E-state index in [0.29, 0.717) is 28.8 Å². The molecule has 1 amide bonds. The third-order valence-electron chi connectivity index (χ3n) is 5.42. The lowest BCUT2D eigenvalue weighted by atomic mass is 9.89. The van der Waals surface area contributed by atoms with E-state index in [1.54, 1.807) is 6.08 Å². The molecule has 7 heteroatoms. The van der Waals surface area contributed by atoms with Gasteiger partial charge in [-0.3, -0.25) is 14.4 Å². The summed E-state index contributed by atoms with van der Waals surface area (Å²) in [7, 11) is 0. The zero-order valence-corrected chi connectivity index (χ0v) is 19.5. The van der Waals surface area contributed by atoms with Crippen LogP contribution in [-0.2, 0) is 14.4 Å². The molecular weight excluding hydrogens is 420 g/mol. The number of halogens is 1. The average Bonchev–Trinajstić information content (AvgIpc) is 2.93. The Morgan fingerprint density at radius 1 is 1.33 bits per heavy atom. The van der Waals surface area contributed by atoms with Gasteiger partial charge in [-0.1, -0.05) is 51.4 Å². The van der Waals surface area contributed by atoms with Crippen molar-refractivity contribution in [2.75, 3.05) is 18.0 Å². The second-order valence-electron chi connectivity index (χ2n) is 9.38. The van der Waals surface area contributed by atoms with E-state index in [9.17, 15) is 14.4 Å². The Morgan fingerprint density at radius 3 is 2.70 bits per heavy atom. The van der Waals surface area contributed by atoms with Gasteiger partial charge < -0.3 is 10.2 Å². The lowest BCUT2D eigenvalue weighted by molar-refractivity contribution is -0.124. The number of Topliss-reactive ketones (excluding diaryl/α,β-unsaturated/α-hetero) is 1. The van der Waals surface area contributed by atoms with Crippen molar-refractivity contribution >= 4 is 51.9 Å². The molecule has 0 bridgehead atoms. The molecule has 1 aromatic rings. The summed E-state index contributed by atoms with van der Waals surface area (Å²) in [5.74, 6) is 0.281. The lowest BCUT2D eigenvalue weighted by Gasteiger charge is -2.40. The summed E-state index contributed by atoms with van der Waals surface area (Å²) in [4.78, 5) is 38.9. The molecule has 3 rings (SSSR count). The first-order valence-electron chi connectivity index (χ1n) is 10.3. The Hall–Kier alpha value is -1.79. The second-order valence-corrected chi connectivity index (χ2v) is 10.9. The molecule has 0 saturated carbocycles. The summed E-state index contributed by atoms with van der Waals surface area (Å²) in [6, 6.07) is 5.61. The minimum absolute atomic E-state index is 0.0226. The van der Waals surface area contributed by atoms with Crippen LogP contribution in [0.4, 0.5) is 5.69 Å². The van der Waals surface area contributed by atoms with Crippen LogP contribution in [0, 0.1) is 11.3 Å². The Kier molecular flexibility index (Phi) is 6.98. The third kappa shape index (κ3) is 5.67. The van der Waals surface area contributed by atoms with Gasteiger partial charge in [-0.15, -0.1) is 0 Å². The zero-order valence-electron chi connectivity index (χ0n) is 18.0. The summed E-state index contributed by atoms with van der Waals surface area (Å²) in [5, 5.41) is 3.68. The third-order valence-corrected chi connectivity index (χ3v) is 6.66. The van der Waals surface area contributed by atoms with Crippen molar-refractivity contribution in [3.8, 4) is 0 Å². The van der Waals surface area contributed by atoms with E-state index in [1.165, 1.54) is 0 Å². The number of hydrogen-bond donors (Lipinski definition) is 1. The maximum atomic E-state index is 12.5. The fourth-order valence-corrected chi connectivity index (χ4v) is 4.99. The molecule has 1 aromatic carbocycles. The van der Waals surface area contributed by atoms with E-state index in [-0.39, 0.29) is 34.7 Å². The molecule has 2 fully saturated rings. The predicted molar refractivity (Wildman–Crippen MR) is 124 cm³/mol. The number of anilines is 1. The molecule has 2 heterocycles. The number of carbonyl (C=O) groups excluding carboxylic acids is 3. The minimum Gasteiger partial charge on any atom is -0.368 e. The Balaban J connectivity index is 1.83. The minimum atomic E-state index is -0.143. The SMILES string of the molecule is CC1CCN(c2c(Cl)cccc2/C=C2\SC(=O)CC2=O)CC1NC(=O)CC(C)(C)C. The average molecular weight is 449 g/mol. The number of piperidine rings is 1. The largest absolute Gasteiger partial charge is 0.368 e. The highest BCUT2D eigenvalue weighted by atomic mass is 35.5. The van der Waals surface area contributed by atoms with Crippen molar-refractivity contribution in [3.63, 3.8) is 0 Å². The van der Waals surface area contributed by atoms with Crippen LogP contribution < -0.4 is 10.2 Å². The summed E-state index contributed by atoms with van der Waals surface area (Å²) < 4.78 is 0. The lowest BCUT2D eigenvalue weighted by Crippen LogP contribution is -2.52. The summed E-state index contributed by atoms with van der Waals surface area (Å²) in [6.07, 6.45) is 3.13. The molecule has 2 aliphatic heterocycles. The first-order chi connectivity index (χ1) is 14.0. The van der Waals surface area contributed by atoms with Crippen molar-refractivity contribution in [1.29, 1.82) is 0 Å². The van der Waals surface area contributed by atoms with Gasteiger partial charge in [0.2, 0.25) is 11.0 Å². The van der Waals surface area contributed by atoms with Crippen molar-refractivity contribution < 1.29 is 14.4 Å². The molecule has 30 heavy (non-hydrogen) atoms. The zero-order chi connectivity index (χ0) is 22.1. The molecule has 0 spiro atoms. The van der Waals surface area contributed by atoms with Gasteiger partial charge in [0, 0.05) is 31.1 Å². The number of allylic oxidation sites excluding steroid dienone is 1. The van der Waals surface area contributed by atoms with Crippen LogP contribution in [0.25, 0.3) is 6.08 Å². The van der Waals surface area contributed by atoms with Crippen LogP contribution in [0.3, 0.4) is 0 Å². The Labute approximate surface area is 187 Å². The number of carbonyl (C=O) groups is 3. The normalized spacial score (nSPS) is 23.9. The van der Waals surface area contributed by atoms with Crippen molar-refractivity contribution in [3.05, 3.63) is 33.7 Å². The number of thioether (sulfide) groups is 1. The van der Waals surface area contributed by atoms with Crippen molar-refractivity contribution in [1.82, 2.24) is 5.32 Å². The van der Waals surface area contributed by atoms with Gasteiger partial charge >= 0.3 is 0 Å². The topological polar surface area (TPSA) is 66.5 Å². The summed E-state index contributed by atoms with van der Waals surface area (Å²) in [6.45, 7) is 9.79. The quantitative estimate of drug-likeness (QED) is 0.535. The van der Waals surface area contributed by atoms with Crippen LogP contribution in [-0.4, -0.2) is 35.9 Å². The number of nitrogens with zero attached hydrogens (tertiary/aromatic N) is 1. The molecule has 2 saturated heterocycles. The highest BCUT2D eigenvalue weighted by Crippen LogP contribution is 2.37. The molecule has 162 valence electrons. The molecule has 2 atom stereocenters. The van der Waals surface area contributed by atoms with Gasteiger partial charge in [-0.25, -0.2) is 0 Å². The molecular formula is C23H29ClN2O3S. The first-order valence-corrected chi connectivity index (χ1v) is 11.5. The molecule has 0 aromatic heterocycles. The number of para-hydroxylation sites is 1. The van der Waals surface area contributed by atoms with Crippen molar-refractivity contribution in [2.24, 2.45) is 11.3 Å². The summed E-state index contributed by atoms with van der Waals surface area (Å²) >= 11 is 7.57. The maximum absolute atomic E-state index is 12.5.